The van der Waals surface area contributed by atoms with Crippen LogP contribution in [0.2, 0.25) is 0 Å². The van der Waals surface area contributed by atoms with Gasteiger partial charge < -0.3 is 15.2 Å². The van der Waals surface area contributed by atoms with Crippen molar-refractivity contribution in [3.05, 3.63) is 64.5 Å². The van der Waals surface area contributed by atoms with Gasteiger partial charge in [-0.25, -0.2) is 4.79 Å². The molecule has 128 valence electrons. The summed E-state index contributed by atoms with van der Waals surface area (Å²) in [6, 6.07) is 14.8. The van der Waals surface area contributed by atoms with Gasteiger partial charge in [-0.2, -0.15) is 0 Å². The molecule has 0 aliphatic heterocycles. The van der Waals surface area contributed by atoms with Gasteiger partial charge in [0, 0.05) is 10.1 Å². The summed E-state index contributed by atoms with van der Waals surface area (Å²) < 4.78 is 11.9. The van der Waals surface area contributed by atoms with Crippen molar-refractivity contribution in [2.45, 2.75) is 13.0 Å². The van der Waals surface area contributed by atoms with Crippen LogP contribution in [0.3, 0.4) is 0 Å². The maximum atomic E-state index is 11.7. The molecule has 3 N–H and O–H groups in total. The number of nitrogens with one attached hydrogen (secondary N) is 1. The highest BCUT2D eigenvalue weighted by molar-refractivity contribution is 7.20. The molecule has 1 heterocycles. The van der Waals surface area contributed by atoms with Crippen LogP contribution in [0.4, 0.5) is 0 Å². The van der Waals surface area contributed by atoms with Gasteiger partial charge >= 0.3 is 5.97 Å². The van der Waals surface area contributed by atoms with E-state index in [-0.39, 0.29) is 17.9 Å². The largest absolute Gasteiger partial charge is 0.485 e. The third-order valence-corrected chi connectivity index (χ3v) is 5.00. The van der Waals surface area contributed by atoms with Gasteiger partial charge in [-0.1, -0.05) is 18.2 Å². The molecule has 0 amide bonds. The summed E-state index contributed by atoms with van der Waals surface area (Å²) in [5.41, 5.74) is 6.95. The monoisotopic (exact) mass is 354 g/mol. The molecule has 0 aliphatic rings. The molecule has 0 saturated heterocycles. The predicted molar refractivity (Wildman–Crippen MR) is 99.7 cm³/mol. The second-order valence-corrected chi connectivity index (χ2v) is 6.65. The molecule has 1 unspecified atom stereocenters. The van der Waals surface area contributed by atoms with Crippen molar-refractivity contribution in [1.82, 2.24) is 0 Å². The molecule has 0 aliphatic carbocycles. The van der Waals surface area contributed by atoms with Gasteiger partial charge in [0.05, 0.1) is 17.6 Å². The normalized spacial score (nSPS) is 11.9. The molecule has 1 aromatic heterocycles. The van der Waals surface area contributed by atoms with E-state index in [4.69, 9.17) is 20.6 Å². The molecule has 0 bridgehead atoms. The lowest BCUT2D eigenvalue weighted by molar-refractivity contribution is 0.0600. The quantitative estimate of drug-likeness (QED) is 0.410. The lowest BCUT2D eigenvalue weighted by Gasteiger charge is -2.16. The fourth-order valence-electron chi connectivity index (χ4n) is 2.56. The van der Waals surface area contributed by atoms with Crippen LogP contribution in [0, 0.1) is 5.41 Å². The average Bonchev–Trinajstić information content (AvgIpc) is 3.07. The molecule has 1 atom stereocenters. The van der Waals surface area contributed by atoms with Crippen LogP contribution in [0.5, 0.6) is 5.75 Å². The van der Waals surface area contributed by atoms with Gasteiger partial charge in [0.1, 0.15) is 17.7 Å². The van der Waals surface area contributed by atoms with Crippen LogP contribution in [0.1, 0.15) is 33.8 Å². The molecule has 2 aromatic carbocycles. The van der Waals surface area contributed by atoms with E-state index in [2.05, 4.69) is 0 Å². The van der Waals surface area contributed by atoms with Crippen LogP contribution >= 0.6 is 11.3 Å². The van der Waals surface area contributed by atoms with Crippen molar-refractivity contribution in [3.8, 4) is 5.75 Å². The second-order valence-electron chi connectivity index (χ2n) is 5.57. The number of carbonyl (C=O) groups excluding carboxylic acids is 1. The third kappa shape index (κ3) is 3.49. The summed E-state index contributed by atoms with van der Waals surface area (Å²) in [6.45, 7) is 1.92. The number of hydrogen-bond donors (Lipinski definition) is 2. The van der Waals surface area contributed by atoms with Gasteiger partial charge in [0.25, 0.3) is 0 Å². The summed E-state index contributed by atoms with van der Waals surface area (Å²) in [5, 5.41) is 8.52. The maximum absolute atomic E-state index is 11.7. The summed E-state index contributed by atoms with van der Waals surface area (Å²) in [6.07, 6.45) is -0.254. The number of hydrogen-bond acceptors (Lipinski definition) is 5. The van der Waals surface area contributed by atoms with Crippen molar-refractivity contribution < 1.29 is 14.3 Å². The molecule has 0 radical (unpaired) electrons. The van der Waals surface area contributed by atoms with Crippen LogP contribution in [-0.2, 0) is 4.74 Å². The zero-order valence-corrected chi connectivity index (χ0v) is 14.7. The second kappa shape index (κ2) is 6.94. The highest BCUT2D eigenvalue weighted by Crippen LogP contribution is 2.35. The van der Waals surface area contributed by atoms with Gasteiger partial charge in [0.2, 0.25) is 0 Å². The summed E-state index contributed by atoms with van der Waals surface area (Å²) in [4.78, 5) is 12.4. The van der Waals surface area contributed by atoms with E-state index < -0.39 is 0 Å². The maximum Gasteiger partial charge on any atom is 0.337 e. The first-order valence-electron chi connectivity index (χ1n) is 7.71. The van der Waals surface area contributed by atoms with E-state index in [0.29, 0.717) is 10.4 Å². The molecule has 3 rings (SSSR count). The molecule has 5 nitrogen and oxygen atoms in total. The fourth-order valence-corrected chi connectivity index (χ4v) is 3.50. The highest BCUT2D eigenvalue weighted by atomic mass is 32.1. The van der Waals surface area contributed by atoms with Crippen molar-refractivity contribution in [2.24, 2.45) is 5.73 Å². The Morgan fingerprint density at radius 1 is 1.20 bits per heavy atom. The Labute approximate surface area is 149 Å². The zero-order chi connectivity index (χ0) is 18.0. The van der Waals surface area contributed by atoms with E-state index in [1.165, 1.54) is 18.4 Å². The Kier molecular flexibility index (Phi) is 4.72. The minimum Gasteiger partial charge on any atom is -0.485 e. The summed E-state index contributed by atoms with van der Waals surface area (Å²) >= 11 is 1.46. The van der Waals surface area contributed by atoms with Crippen LogP contribution in [0.25, 0.3) is 10.1 Å². The number of ether oxygens (including phenoxy) is 2. The standard InChI is InChI=1S/C19H18N2O3S/c1-11(12-5-3-6-13(9-12)19(22)23-2)24-15-7-4-8-16-14(15)10-17(25-16)18(20)21/h3-11H,1-2H3,(H3,20,21). The highest BCUT2D eigenvalue weighted by Gasteiger charge is 2.14. The summed E-state index contributed by atoms with van der Waals surface area (Å²) in [5.74, 6) is 0.392. The third-order valence-electron chi connectivity index (χ3n) is 3.87. The van der Waals surface area contributed by atoms with Gasteiger partial charge in [-0.15, -0.1) is 11.3 Å². The Hall–Kier alpha value is -2.86. The first-order chi connectivity index (χ1) is 12.0. The molecular formula is C19H18N2O3S. The number of esters is 1. The number of benzene rings is 2. The number of fused-ring (bicyclic) bond motifs is 1. The number of nitrogens with two attached hydrogens (primary N) is 1. The van der Waals surface area contributed by atoms with E-state index in [1.54, 1.807) is 18.2 Å². The molecule has 0 spiro atoms. The molecule has 3 aromatic rings. The first kappa shape index (κ1) is 17.0. The number of rotatable bonds is 5. The van der Waals surface area contributed by atoms with Crippen LogP contribution < -0.4 is 10.5 Å². The Bertz CT molecular complexity index is 949. The lowest BCUT2D eigenvalue weighted by atomic mass is 10.1. The minimum absolute atomic E-state index is 0.0472. The molecule has 25 heavy (non-hydrogen) atoms. The topological polar surface area (TPSA) is 85.4 Å². The van der Waals surface area contributed by atoms with Crippen molar-refractivity contribution in [3.63, 3.8) is 0 Å². The van der Waals surface area contributed by atoms with Crippen molar-refractivity contribution in [1.29, 1.82) is 5.41 Å². The zero-order valence-electron chi connectivity index (χ0n) is 13.9. The Morgan fingerprint density at radius 2 is 1.96 bits per heavy atom. The van der Waals surface area contributed by atoms with Crippen LogP contribution in [-0.4, -0.2) is 18.9 Å². The van der Waals surface area contributed by atoms with Crippen molar-refractivity contribution in [2.75, 3.05) is 7.11 Å². The number of nitrogen functional groups attached to an aromatic ring is 1. The van der Waals surface area contributed by atoms with E-state index >= 15 is 0 Å². The predicted octanol–water partition coefficient (Wildman–Crippen LogP) is 4.11. The van der Waals surface area contributed by atoms with E-state index in [1.807, 2.05) is 37.3 Å². The average molecular weight is 354 g/mol. The number of amidine groups is 1. The lowest BCUT2D eigenvalue weighted by Crippen LogP contribution is -2.08. The van der Waals surface area contributed by atoms with Gasteiger partial charge in [0.15, 0.2) is 0 Å². The molecule has 0 saturated carbocycles. The van der Waals surface area contributed by atoms with E-state index in [9.17, 15) is 4.79 Å². The van der Waals surface area contributed by atoms with Gasteiger partial charge in [-0.3, -0.25) is 5.41 Å². The molecular weight excluding hydrogens is 336 g/mol. The number of thiophene rings is 1. The Morgan fingerprint density at radius 3 is 2.68 bits per heavy atom. The fraction of sp³-hybridized carbons (Fsp3) is 0.158. The minimum atomic E-state index is -0.375. The summed E-state index contributed by atoms with van der Waals surface area (Å²) in [7, 11) is 1.36. The van der Waals surface area contributed by atoms with Gasteiger partial charge in [-0.05, 0) is 42.8 Å². The van der Waals surface area contributed by atoms with Crippen LogP contribution in [0.15, 0.2) is 48.5 Å². The first-order valence-corrected chi connectivity index (χ1v) is 8.53. The Balaban J connectivity index is 1.91. The molecule has 6 heteroatoms. The van der Waals surface area contributed by atoms with Crippen molar-refractivity contribution >= 4 is 33.2 Å². The number of carbonyl (C=O) groups is 1. The number of methoxy groups -OCH3 is 1. The SMILES string of the molecule is COC(=O)c1cccc(C(C)Oc2cccc3sc(C(=N)N)cc23)c1. The molecule has 0 fully saturated rings. The smallest absolute Gasteiger partial charge is 0.337 e. The van der Waals surface area contributed by atoms with E-state index in [0.717, 1.165) is 21.4 Å².